The summed E-state index contributed by atoms with van der Waals surface area (Å²) in [6.07, 6.45) is 1.07. The highest BCUT2D eigenvalue weighted by atomic mass is 32.1. The molecule has 0 aliphatic carbocycles. The van der Waals surface area contributed by atoms with Crippen molar-refractivity contribution < 1.29 is 0 Å². The molecule has 0 fully saturated rings. The molecule has 0 aliphatic heterocycles. The highest BCUT2D eigenvalue weighted by Crippen LogP contribution is 2.23. The summed E-state index contributed by atoms with van der Waals surface area (Å²) < 4.78 is 0. The smallest absolute Gasteiger partial charge is 0.107 e. The van der Waals surface area contributed by atoms with E-state index in [9.17, 15) is 0 Å². The van der Waals surface area contributed by atoms with Crippen LogP contribution in [-0.4, -0.2) is 11.5 Å². The fraction of sp³-hybridized carbons (Fsp3) is 0.471. The molecular weight excluding hydrogens is 264 g/mol. The SMILES string of the molecule is Cc1ccccc1CCNCc1nc(C(C)(C)C)cs1. The minimum absolute atomic E-state index is 0.149. The van der Waals surface area contributed by atoms with E-state index in [0.29, 0.717) is 0 Å². The van der Waals surface area contributed by atoms with E-state index in [0.717, 1.165) is 19.5 Å². The van der Waals surface area contributed by atoms with Crippen LogP contribution in [0, 0.1) is 6.92 Å². The van der Waals surface area contributed by atoms with Gasteiger partial charge in [-0.05, 0) is 31.0 Å². The molecule has 0 aliphatic rings. The molecule has 1 N–H and O–H groups in total. The van der Waals surface area contributed by atoms with Gasteiger partial charge in [-0.3, -0.25) is 0 Å². The number of nitrogens with one attached hydrogen (secondary N) is 1. The van der Waals surface area contributed by atoms with E-state index >= 15 is 0 Å². The largest absolute Gasteiger partial charge is 0.310 e. The van der Waals surface area contributed by atoms with Gasteiger partial charge in [0.05, 0.1) is 5.69 Å². The van der Waals surface area contributed by atoms with Gasteiger partial charge in [0.25, 0.3) is 0 Å². The first-order valence-electron chi connectivity index (χ1n) is 7.17. The lowest BCUT2D eigenvalue weighted by atomic mass is 9.93. The predicted molar refractivity (Wildman–Crippen MR) is 87.4 cm³/mol. The van der Waals surface area contributed by atoms with Crippen LogP contribution in [0.25, 0.3) is 0 Å². The third-order valence-corrected chi connectivity index (χ3v) is 4.28. The molecule has 1 heterocycles. The molecule has 0 radical (unpaired) electrons. The van der Waals surface area contributed by atoms with Crippen LogP contribution in [0.1, 0.15) is 42.6 Å². The molecule has 2 nitrogen and oxygen atoms in total. The summed E-state index contributed by atoms with van der Waals surface area (Å²) in [5.41, 5.74) is 4.14. The highest BCUT2D eigenvalue weighted by molar-refractivity contribution is 7.09. The Hall–Kier alpha value is -1.19. The zero-order valence-electron chi connectivity index (χ0n) is 12.9. The summed E-state index contributed by atoms with van der Waals surface area (Å²) in [7, 11) is 0. The molecule has 108 valence electrons. The van der Waals surface area contributed by atoms with Crippen molar-refractivity contribution in [3.63, 3.8) is 0 Å². The first-order valence-corrected chi connectivity index (χ1v) is 8.05. The lowest BCUT2D eigenvalue weighted by Gasteiger charge is -2.14. The summed E-state index contributed by atoms with van der Waals surface area (Å²) >= 11 is 1.75. The van der Waals surface area contributed by atoms with Gasteiger partial charge in [0.2, 0.25) is 0 Å². The zero-order chi connectivity index (χ0) is 14.6. The van der Waals surface area contributed by atoms with Gasteiger partial charge < -0.3 is 5.32 Å². The Balaban J connectivity index is 1.79. The van der Waals surface area contributed by atoms with Gasteiger partial charge in [-0.1, -0.05) is 45.0 Å². The van der Waals surface area contributed by atoms with E-state index in [1.54, 1.807) is 11.3 Å². The number of thiazole rings is 1. The summed E-state index contributed by atoms with van der Waals surface area (Å²) in [4.78, 5) is 4.70. The van der Waals surface area contributed by atoms with Crippen LogP contribution >= 0.6 is 11.3 Å². The van der Waals surface area contributed by atoms with Crippen molar-refractivity contribution in [1.82, 2.24) is 10.3 Å². The van der Waals surface area contributed by atoms with Crippen molar-refractivity contribution in [1.29, 1.82) is 0 Å². The van der Waals surface area contributed by atoms with Crippen LogP contribution in [0.15, 0.2) is 29.6 Å². The molecule has 20 heavy (non-hydrogen) atoms. The highest BCUT2D eigenvalue weighted by Gasteiger charge is 2.17. The topological polar surface area (TPSA) is 24.9 Å². The van der Waals surface area contributed by atoms with Crippen molar-refractivity contribution >= 4 is 11.3 Å². The molecule has 0 spiro atoms. The van der Waals surface area contributed by atoms with Crippen molar-refractivity contribution in [3.05, 3.63) is 51.5 Å². The van der Waals surface area contributed by atoms with Crippen molar-refractivity contribution in [3.8, 4) is 0 Å². The molecule has 0 unspecified atom stereocenters. The van der Waals surface area contributed by atoms with E-state index in [1.165, 1.54) is 21.8 Å². The molecule has 1 aromatic carbocycles. The molecule has 0 saturated carbocycles. The Morgan fingerprint density at radius 3 is 2.60 bits per heavy atom. The van der Waals surface area contributed by atoms with E-state index < -0.39 is 0 Å². The fourth-order valence-corrected chi connectivity index (χ4v) is 3.04. The van der Waals surface area contributed by atoms with Crippen LogP contribution in [0.3, 0.4) is 0 Å². The van der Waals surface area contributed by atoms with Gasteiger partial charge in [0.15, 0.2) is 0 Å². The van der Waals surface area contributed by atoms with Gasteiger partial charge in [0.1, 0.15) is 5.01 Å². The lowest BCUT2D eigenvalue weighted by Crippen LogP contribution is -2.17. The molecule has 2 aromatic rings. The third-order valence-electron chi connectivity index (χ3n) is 3.43. The Bertz CT molecular complexity index is 552. The summed E-state index contributed by atoms with van der Waals surface area (Å²) in [6.45, 7) is 10.7. The van der Waals surface area contributed by atoms with Gasteiger partial charge in [-0.15, -0.1) is 11.3 Å². The maximum Gasteiger partial charge on any atom is 0.107 e. The van der Waals surface area contributed by atoms with Gasteiger partial charge >= 0.3 is 0 Å². The molecule has 0 amide bonds. The number of rotatable bonds is 5. The van der Waals surface area contributed by atoms with Gasteiger partial charge in [0, 0.05) is 17.3 Å². The van der Waals surface area contributed by atoms with Gasteiger partial charge in [-0.2, -0.15) is 0 Å². The first kappa shape index (κ1) is 15.2. The average Bonchev–Trinajstić information content (AvgIpc) is 2.85. The molecule has 0 bridgehead atoms. The molecule has 2 rings (SSSR count). The normalized spacial score (nSPS) is 11.8. The number of hydrogen-bond donors (Lipinski definition) is 1. The molecule has 0 saturated heterocycles. The number of nitrogens with zero attached hydrogens (tertiary/aromatic N) is 1. The summed E-state index contributed by atoms with van der Waals surface area (Å²) in [5.74, 6) is 0. The maximum absolute atomic E-state index is 4.70. The minimum Gasteiger partial charge on any atom is -0.310 e. The number of benzene rings is 1. The van der Waals surface area contributed by atoms with Crippen LogP contribution in [-0.2, 0) is 18.4 Å². The van der Waals surface area contributed by atoms with Crippen LogP contribution < -0.4 is 5.32 Å². The molecule has 0 atom stereocenters. The minimum atomic E-state index is 0.149. The first-order chi connectivity index (χ1) is 9.47. The number of aryl methyl sites for hydroxylation is 1. The van der Waals surface area contributed by atoms with E-state index in [2.05, 4.69) is 62.7 Å². The van der Waals surface area contributed by atoms with Crippen LogP contribution in [0.4, 0.5) is 0 Å². The van der Waals surface area contributed by atoms with E-state index in [1.807, 2.05) is 0 Å². The standard InChI is InChI=1S/C17H24N2S/c1-13-7-5-6-8-14(13)9-10-18-11-16-19-15(12-20-16)17(2,3)4/h5-8,12,18H,9-11H2,1-4H3. The maximum atomic E-state index is 4.70. The van der Waals surface area contributed by atoms with Crippen LogP contribution in [0.2, 0.25) is 0 Å². The van der Waals surface area contributed by atoms with E-state index in [4.69, 9.17) is 4.98 Å². The second kappa shape index (κ2) is 6.51. The van der Waals surface area contributed by atoms with Crippen molar-refractivity contribution in [2.45, 2.75) is 46.1 Å². The molecule has 1 aromatic heterocycles. The van der Waals surface area contributed by atoms with E-state index in [-0.39, 0.29) is 5.41 Å². The lowest BCUT2D eigenvalue weighted by molar-refractivity contribution is 0.568. The average molecular weight is 288 g/mol. The molecular formula is C17H24N2S. The zero-order valence-corrected chi connectivity index (χ0v) is 13.7. The van der Waals surface area contributed by atoms with Gasteiger partial charge in [-0.25, -0.2) is 4.98 Å². The summed E-state index contributed by atoms with van der Waals surface area (Å²) in [5, 5.41) is 6.85. The third kappa shape index (κ3) is 4.15. The summed E-state index contributed by atoms with van der Waals surface area (Å²) in [6, 6.07) is 8.58. The van der Waals surface area contributed by atoms with Crippen molar-refractivity contribution in [2.75, 3.05) is 6.54 Å². The van der Waals surface area contributed by atoms with Crippen LogP contribution in [0.5, 0.6) is 0 Å². The molecule has 3 heteroatoms. The Kier molecular flexibility index (Phi) is 4.95. The fourth-order valence-electron chi connectivity index (χ4n) is 2.05. The number of aromatic nitrogens is 1. The number of hydrogen-bond acceptors (Lipinski definition) is 3. The van der Waals surface area contributed by atoms with Crippen molar-refractivity contribution in [2.24, 2.45) is 0 Å². The second-order valence-electron chi connectivity index (χ2n) is 6.23. The Morgan fingerprint density at radius 1 is 1.20 bits per heavy atom. The predicted octanol–water partition coefficient (Wildman–Crippen LogP) is 4.08. The Labute approximate surface area is 126 Å². The Morgan fingerprint density at radius 2 is 1.95 bits per heavy atom. The monoisotopic (exact) mass is 288 g/mol. The quantitative estimate of drug-likeness (QED) is 0.839. The second-order valence-corrected chi connectivity index (χ2v) is 7.17.